The van der Waals surface area contributed by atoms with E-state index in [1.165, 1.54) is 16.7 Å². The van der Waals surface area contributed by atoms with Crippen LogP contribution in [0.25, 0.3) is 0 Å². The summed E-state index contributed by atoms with van der Waals surface area (Å²) in [6.07, 6.45) is 2.06. The number of ether oxygens (including phenoxy) is 2. The highest BCUT2D eigenvalue weighted by atomic mass is 32.2. The Labute approximate surface area is 173 Å². The van der Waals surface area contributed by atoms with E-state index in [0.29, 0.717) is 13.2 Å². The molecular weight excluding hydrogens is 372 g/mol. The third-order valence-corrected chi connectivity index (χ3v) is 5.30. The number of benzene rings is 1. The molecule has 0 amide bonds. The molecule has 0 bridgehead atoms. The number of hydrogen-bond donors (Lipinski definition) is 1. The van der Waals surface area contributed by atoms with E-state index in [1.807, 2.05) is 6.92 Å². The van der Waals surface area contributed by atoms with Crippen LogP contribution in [0.5, 0.6) is 0 Å². The molecule has 1 N–H and O–H groups in total. The van der Waals surface area contributed by atoms with Crippen LogP contribution in [0.3, 0.4) is 0 Å². The molecule has 0 fully saturated rings. The highest BCUT2D eigenvalue weighted by Crippen LogP contribution is 2.36. The zero-order valence-corrected chi connectivity index (χ0v) is 18.9. The molecule has 1 aromatic heterocycles. The van der Waals surface area contributed by atoms with Gasteiger partial charge in [-0.15, -0.1) is 11.8 Å². The Balaban J connectivity index is 2.48. The highest BCUT2D eigenvalue weighted by Gasteiger charge is 2.19. The van der Waals surface area contributed by atoms with Crippen LogP contribution in [0.4, 0.5) is 17.3 Å². The number of rotatable bonds is 10. The molecule has 0 unspecified atom stereocenters. The van der Waals surface area contributed by atoms with Crippen LogP contribution in [-0.4, -0.2) is 56.7 Å². The normalized spacial score (nSPS) is 11.0. The van der Waals surface area contributed by atoms with Crippen molar-refractivity contribution in [3.05, 3.63) is 34.6 Å². The van der Waals surface area contributed by atoms with Gasteiger partial charge in [0.1, 0.15) is 17.5 Å². The van der Waals surface area contributed by atoms with Crippen LogP contribution < -0.4 is 10.2 Å². The fraction of sp³-hybridized carbons (Fsp3) is 0.524. The lowest BCUT2D eigenvalue weighted by atomic mass is 10.1. The Bertz CT molecular complexity index is 767. The van der Waals surface area contributed by atoms with Gasteiger partial charge < -0.3 is 19.7 Å². The van der Waals surface area contributed by atoms with Crippen molar-refractivity contribution in [3.63, 3.8) is 0 Å². The van der Waals surface area contributed by atoms with Crippen LogP contribution in [0.15, 0.2) is 17.0 Å². The summed E-state index contributed by atoms with van der Waals surface area (Å²) in [5.74, 6) is 2.49. The van der Waals surface area contributed by atoms with E-state index < -0.39 is 0 Å². The van der Waals surface area contributed by atoms with Crippen LogP contribution in [0.1, 0.15) is 22.5 Å². The number of thioether (sulfide) groups is 1. The fourth-order valence-electron chi connectivity index (χ4n) is 3.26. The Morgan fingerprint density at radius 1 is 0.964 bits per heavy atom. The van der Waals surface area contributed by atoms with Gasteiger partial charge in [-0.1, -0.05) is 17.7 Å². The number of methoxy groups -OCH3 is 2. The van der Waals surface area contributed by atoms with E-state index in [0.717, 1.165) is 41.1 Å². The Morgan fingerprint density at radius 3 is 2.04 bits per heavy atom. The summed E-state index contributed by atoms with van der Waals surface area (Å²) in [6.45, 7) is 11.0. The second-order valence-corrected chi connectivity index (χ2v) is 7.66. The molecule has 1 heterocycles. The van der Waals surface area contributed by atoms with Crippen molar-refractivity contribution in [1.82, 2.24) is 9.97 Å². The first-order valence-electron chi connectivity index (χ1n) is 9.41. The fourth-order valence-corrected chi connectivity index (χ4v) is 3.90. The van der Waals surface area contributed by atoms with Crippen LogP contribution in [0, 0.1) is 27.7 Å². The zero-order chi connectivity index (χ0) is 20.7. The van der Waals surface area contributed by atoms with Crippen molar-refractivity contribution in [2.45, 2.75) is 32.6 Å². The molecule has 1 aromatic carbocycles. The molecule has 0 saturated carbocycles. The number of hydrogen-bond acceptors (Lipinski definition) is 7. The number of aryl methyl sites for hydroxylation is 4. The minimum Gasteiger partial charge on any atom is -0.383 e. The van der Waals surface area contributed by atoms with E-state index in [-0.39, 0.29) is 0 Å². The molecule has 28 heavy (non-hydrogen) atoms. The Kier molecular flexibility index (Phi) is 8.54. The molecule has 2 rings (SSSR count). The van der Waals surface area contributed by atoms with Gasteiger partial charge in [-0.05, 0) is 45.1 Å². The summed E-state index contributed by atoms with van der Waals surface area (Å²) < 4.78 is 10.6. The van der Waals surface area contributed by atoms with Crippen LogP contribution in [-0.2, 0) is 9.47 Å². The van der Waals surface area contributed by atoms with Crippen molar-refractivity contribution in [3.8, 4) is 0 Å². The maximum atomic E-state index is 5.30. The monoisotopic (exact) mass is 404 g/mol. The first kappa shape index (κ1) is 22.5. The smallest absolute Gasteiger partial charge is 0.150 e. The van der Waals surface area contributed by atoms with Crippen LogP contribution >= 0.6 is 11.8 Å². The van der Waals surface area contributed by atoms with E-state index in [1.54, 1.807) is 26.0 Å². The highest BCUT2D eigenvalue weighted by molar-refractivity contribution is 7.99. The van der Waals surface area contributed by atoms with E-state index in [2.05, 4.69) is 49.4 Å². The molecule has 0 radical (unpaired) electrons. The van der Waals surface area contributed by atoms with E-state index in [4.69, 9.17) is 19.4 Å². The van der Waals surface area contributed by atoms with E-state index >= 15 is 0 Å². The lowest BCUT2D eigenvalue weighted by Crippen LogP contribution is -2.32. The molecule has 0 aliphatic rings. The quantitative estimate of drug-likeness (QED) is 0.593. The second-order valence-electron chi connectivity index (χ2n) is 6.85. The molecule has 6 nitrogen and oxygen atoms in total. The molecule has 0 atom stereocenters. The van der Waals surface area contributed by atoms with Gasteiger partial charge in [0.25, 0.3) is 0 Å². The average molecular weight is 405 g/mol. The third kappa shape index (κ3) is 5.59. The predicted octanol–water partition coefficient (Wildman–Crippen LogP) is 4.27. The molecule has 0 saturated heterocycles. The van der Waals surface area contributed by atoms with Gasteiger partial charge in [0.2, 0.25) is 0 Å². The predicted molar refractivity (Wildman–Crippen MR) is 118 cm³/mol. The van der Waals surface area contributed by atoms with Crippen LogP contribution in [0.2, 0.25) is 0 Å². The van der Waals surface area contributed by atoms with Crippen molar-refractivity contribution >= 4 is 29.1 Å². The Morgan fingerprint density at radius 2 is 1.54 bits per heavy atom. The summed E-state index contributed by atoms with van der Waals surface area (Å²) >= 11 is 1.65. The van der Waals surface area contributed by atoms with Gasteiger partial charge in [0, 0.05) is 33.0 Å². The second kappa shape index (κ2) is 10.6. The minimum absolute atomic E-state index is 0.625. The van der Waals surface area contributed by atoms with Gasteiger partial charge in [0.15, 0.2) is 0 Å². The number of nitrogens with zero attached hydrogens (tertiary/aromatic N) is 3. The standard InChI is InChI=1S/C21H32N4O2S/c1-14-12-15(2)18(16(3)13-14)24-20-19(28-7)21(23-17(4)22-20)25(8-10-26-5)9-11-27-6/h12-13H,8-11H2,1-7H3,(H,22,23,24). The molecule has 0 aliphatic carbocycles. The number of nitrogens with one attached hydrogen (secondary N) is 1. The average Bonchev–Trinajstić information content (AvgIpc) is 2.64. The first-order chi connectivity index (χ1) is 13.4. The maximum Gasteiger partial charge on any atom is 0.150 e. The summed E-state index contributed by atoms with van der Waals surface area (Å²) in [5.41, 5.74) is 4.77. The summed E-state index contributed by atoms with van der Waals surface area (Å²) in [7, 11) is 3.43. The van der Waals surface area contributed by atoms with Gasteiger partial charge in [-0.25, -0.2) is 9.97 Å². The molecule has 2 aromatic rings. The molecule has 154 valence electrons. The molecule has 7 heteroatoms. The molecule has 0 spiro atoms. The molecule has 0 aliphatic heterocycles. The Hall–Kier alpha value is -1.83. The third-order valence-electron chi connectivity index (χ3n) is 4.51. The topological polar surface area (TPSA) is 59.5 Å². The zero-order valence-electron chi connectivity index (χ0n) is 18.0. The van der Waals surface area contributed by atoms with Crippen molar-refractivity contribution in [1.29, 1.82) is 0 Å². The minimum atomic E-state index is 0.625. The van der Waals surface area contributed by atoms with Crippen molar-refractivity contribution in [2.24, 2.45) is 0 Å². The maximum absolute atomic E-state index is 5.30. The van der Waals surface area contributed by atoms with E-state index in [9.17, 15) is 0 Å². The lowest BCUT2D eigenvalue weighted by Gasteiger charge is -2.26. The summed E-state index contributed by atoms with van der Waals surface area (Å²) in [4.78, 5) is 12.7. The van der Waals surface area contributed by atoms with Gasteiger partial charge in [-0.2, -0.15) is 0 Å². The molecular formula is C21H32N4O2S. The van der Waals surface area contributed by atoms with Gasteiger partial charge in [-0.3, -0.25) is 0 Å². The number of anilines is 3. The van der Waals surface area contributed by atoms with Gasteiger partial charge >= 0.3 is 0 Å². The summed E-state index contributed by atoms with van der Waals surface area (Å²) in [6, 6.07) is 4.37. The van der Waals surface area contributed by atoms with Crippen molar-refractivity contribution in [2.75, 3.05) is 57.0 Å². The largest absolute Gasteiger partial charge is 0.383 e. The lowest BCUT2D eigenvalue weighted by molar-refractivity contribution is 0.189. The summed E-state index contributed by atoms with van der Waals surface area (Å²) in [5, 5.41) is 3.57. The van der Waals surface area contributed by atoms with Gasteiger partial charge in [0.05, 0.1) is 18.1 Å². The first-order valence-corrected chi connectivity index (χ1v) is 10.6. The SMILES string of the molecule is COCCN(CCOC)c1nc(C)nc(Nc2c(C)cc(C)cc2C)c1SC. The van der Waals surface area contributed by atoms with Crippen molar-refractivity contribution < 1.29 is 9.47 Å². The number of aromatic nitrogens is 2.